The molecule has 0 atom stereocenters. The first-order chi connectivity index (χ1) is 11.6. The largest absolute Gasteiger partial charge is 0.459 e. The van der Waals surface area contributed by atoms with Gasteiger partial charge in [-0.3, -0.25) is 14.9 Å². The molecule has 8 heteroatoms. The Morgan fingerprint density at radius 2 is 2.17 bits per heavy atom. The molecule has 2 amide bonds. The number of amides is 2. The van der Waals surface area contributed by atoms with Crippen LogP contribution in [-0.2, 0) is 17.8 Å². The number of nitrogens with zero attached hydrogens (tertiary/aromatic N) is 1. The number of carbonyl (C=O) groups excluding carboxylic acids is 2. The number of aromatic nitrogens is 1. The Bertz CT molecular complexity index is 837. The van der Waals surface area contributed by atoms with E-state index in [0.717, 1.165) is 4.88 Å². The Balaban J connectivity index is 1.51. The molecule has 0 unspecified atom stereocenters. The molecule has 24 heavy (non-hydrogen) atoms. The molecule has 0 radical (unpaired) electrons. The lowest BCUT2D eigenvalue weighted by Gasteiger charge is -2.03. The molecular formula is C16H15N3O3S2. The minimum Gasteiger partial charge on any atom is -0.459 e. The van der Waals surface area contributed by atoms with E-state index in [0.29, 0.717) is 17.4 Å². The van der Waals surface area contributed by atoms with Crippen molar-refractivity contribution in [3.8, 4) is 0 Å². The first-order valence-electron chi connectivity index (χ1n) is 7.21. The third-order valence-electron chi connectivity index (χ3n) is 3.27. The highest BCUT2D eigenvalue weighted by molar-refractivity contribution is 7.14. The Hall–Kier alpha value is -2.45. The van der Waals surface area contributed by atoms with E-state index in [4.69, 9.17) is 4.42 Å². The number of carbonyl (C=O) groups is 2. The van der Waals surface area contributed by atoms with Crippen molar-refractivity contribution in [2.75, 3.05) is 5.32 Å². The van der Waals surface area contributed by atoms with Crippen LogP contribution in [0.2, 0.25) is 0 Å². The lowest BCUT2D eigenvalue weighted by Crippen LogP contribution is -2.24. The van der Waals surface area contributed by atoms with Gasteiger partial charge in [0.05, 0.1) is 24.9 Å². The topological polar surface area (TPSA) is 84.2 Å². The van der Waals surface area contributed by atoms with Crippen LogP contribution in [0, 0.1) is 6.92 Å². The zero-order valence-corrected chi connectivity index (χ0v) is 14.5. The maximum Gasteiger partial charge on any atom is 0.293 e. The number of hydrogen-bond donors (Lipinski definition) is 2. The van der Waals surface area contributed by atoms with Gasteiger partial charge in [-0.15, -0.1) is 22.7 Å². The summed E-state index contributed by atoms with van der Waals surface area (Å²) in [4.78, 5) is 29.2. The van der Waals surface area contributed by atoms with Gasteiger partial charge in [0.25, 0.3) is 5.91 Å². The van der Waals surface area contributed by atoms with E-state index in [2.05, 4.69) is 15.6 Å². The van der Waals surface area contributed by atoms with Crippen LogP contribution in [0.4, 0.5) is 5.13 Å². The summed E-state index contributed by atoms with van der Waals surface area (Å²) in [5.41, 5.74) is 1.80. The monoisotopic (exact) mass is 361 g/mol. The summed E-state index contributed by atoms with van der Waals surface area (Å²) in [5, 5.41) is 9.73. The molecule has 0 bridgehead atoms. The summed E-state index contributed by atoms with van der Waals surface area (Å²) in [6.07, 6.45) is 1.61. The minimum absolute atomic E-state index is 0.1000. The van der Waals surface area contributed by atoms with Crippen molar-refractivity contribution in [3.05, 3.63) is 57.1 Å². The number of thiophene rings is 1. The molecule has 0 spiro atoms. The van der Waals surface area contributed by atoms with E-state index < -0.39 is 0 Å². The van der Waals surface area contributed by atoms with Gasteiger partial charge in [0.2, 0.25) is 5.91 Å². The first-order valence-corrected chi connectivity index (χ1v) is 8.96. The molecule has 0 aromatic carbocycles. The fraction of sp³-hybridized carbons (Fsp3) is 0.188. The number of aryl methyl sites for hydroxylation is 1. The van der Waals surface area contributed by atoms with Crippen molar-refractivity contribution in [1.82, 2.24) is 10.3 Å². The van der Waals surface area contributed by atoms with Crippen LogP contribution >= 0.6 is 22.7 Å². The van der Waals surface area contributed by atoms with Crippen LogP contribution in [-0.4, -0.2) is 16.8 Å². The quantitative estimate of drug-likeness (QED) is 0.706. The number of thiazole rings is 1. The van der Waals surface area contributed by atoms with Gasteiger partial charge in [-0.2, -0.15) is 0 Å². The molecule has 0 saturated carbocycles. The molecule has 0 aliphatic carbocycles. The SMILES string of the molecule is Cc1ccsc1CNC(=O)Cc1csc(NC(=O)c2ccco2)n1. The highest BCUT2D eigenvalue weighted by atomic mass is 32.1. The summed E-state index contributed by atoms with van der Waals surface area (Å²) in [7, 11) is 0. The summed E-state index contributed by atoms with van der Waals surface area (Å²) < 4.78 is 5.02. The molecule has 6 nitrogen and oxygen atoms in total. The fourth-order valence-electron chi connectivity index (χ4n) is 2.00. The van der Waals surface area contributed by atoms with Gasteiger partial charge in [-0.25, -0.2) is 4.98 Å². The van der Waals surface area contributed by atoms with Crippen molar-refractivity contribution in [2.45, 2.75) is 19.9 Å². The fourth-order valence-corrected chi connectivity index (χ4v) is 3.55. The van der Waals surface area contributed by atoms with Crippen molar-refractivity contribution in [2.24, 2.45) is 0 Å². The van der Waals surface area contributed by atoms with Crippen LogP contribution in [0.1, 0.15) is 26.7 Å². The van der Waals surface area contributed by atoms with E-state index in [1.165, 1.54) is 23.2 Å². The van der Waals surface area contributed by atoms with E-state index in [1.54, 1.807) is 28.8 Å². The maximum atomic E-state index is 12.0. The Morgan fingerprint density at radius 1 is 1.29 bits per heavy atom. The standard InChI is InChI=1S/C16H15N3O3S2/c1-10-4-6-23-13(10)8-17-14(20)7-11-9-24-16(18-11)19-15(21)12-3-2-5-22-12/h2-6,9H,7-8H2,1H3,(H,17,20)(H,18,19,21). The summed E-state index contributed by atoms with van der Waals surface area (Å²) in [6.45, 7) is 2.54. The highest BCUT2D eigenvalue weighted by Crippen LogP contribution is 2.18. The van der Waals surface area contributed by atoms with Crippen molar-refractivity contribution in [3.63, 3.8) is 0 Å². The Morgan fingerprint density at radius 3 is 2.88 bits per heavy atom. The predicted octanol–water partition coefficient (Wildman–Crippen LogP) is 3.22. The van der Waals surface area contributed by atoms with Gasteiger partial charge in [0.15, 0.2) is 10.9 Å². The van der Waals surface area contributed by atoms with Gasteiger partial charge in [0.1, 0.15) is 0 Å². The summed E-state index contributed by atoms with van der Waals surface area (Å²) >= 11 is 2.90. The summed E-state index contributed by atoms with van der Waals surface area (Å²) in [5.74, 6) is -0.244. The summed E-state index contributed by atoms with van der Waals surface area (Å²) in [6, 6.07) is 5.24. The Labute approximate surface area is 146 Å². The molecular weight excluding hydrogens is 346 g/mol. The molecule has 3 aromatic heterocycles. The van der Waals surface area contributed by atoms with Crippen LogP contribution in [0.3, 0.4) is 0 Å². The number of rotatable bonds is 6. The molecule has 3 aromatic rings. The molecule has 0 aliphatic rings. The zero-order chi connectivity index (χ0) is 16.9. The average molecular weight is 361 g/mol. The molecule has 3 heterocycles. The van der Waals surface area contributed by atoms with E-state index in [1.807, 2.05) is 18.4 Å². The molecule has 2 N–H and O–H groups in total. The average Bonchev–Trinajstić information content (AvgIpc) is 3.28. The van der Waals surface area contributed by atoms with Crippen molar-refractivity contribution < 1.29 is 14.0 Å². The molecule has 124 valence electrons. The van der Waals surface area contributed by atoms with Crippen LogP contribution in [0.25, 0.3) is 0 Å². The molecule has 0 saturated heterocycles. The van der Waals surface area contributed by atoms with Crippen LogP contribution < -0.4 is 10.6 Å². The number of anilines is 1. The van der Waals surface area contributed by atoms with E-state index in [-0.39, 0.29) is 24.0 Å². The zero-order valence-electron chi connectivity index (χ0n) is 12.9. The van der Waals surface area contributed by atoms with Gasteiger partial charge in [-0.1, -0.05) is 0 Å². The second-order valence-electron chi connectivity index (χ2n) is 5.06. The lowest BCUT2D eigenvalue weighted by molar-refractivity contribution is -0.120. The van der Waals surface area contributed by atoms with Gasteiger partial charge < -0.3 is 9.73 Å². The maximum absolute atomic E-state index is 12.0. The van der Waals surface area contributed by atoms with Gasteiger partial charge in [0, 0.05) is 10.3 Å². The molecule has 0 aliphatic heterocycles. The van der Waals surface area contributed by atoms with E-state index in [9.17, 15) is 9.59 Å². The van der Waals surface area contributed by atoms with Crippen molar-refractivity contribution >= 4 is 39.6 Å². The third kappa shape index (κ3) is 4.09. The smallest absolute Gasteiger partial charge is 0.293 e. The second kappa shape index (κ2) is 7.41. The second-order valence-corrected chi connectivity index (χ2v) is 6.91. The van der Waals surface area contributed by atoms with E-state index >= 15 is 0 Å². The molecule has 0 fully saturated rings. The van der Waals surface area contributed by atoms with Crippen LogP contribution in [0.5, 0.6) is 0 Å². The van der Waals surface area contributed by atoms with Crippen LogP contribution in [0.15, 0.2) is 39.6 Å². The number of nitrogens with one attached hydrogen (secondary N) is 2. The predicted molar refractivity (Wildman–Crippen MR) is 93.4 cm³/mol. The van der Waals surface area contributed by atoms with Gasteiger partial charge in [-0.05, 0) is 36.1 Å². The van der Waals surface area contributed by atoms with Gasteiger partial charge >= 0.3 is 0 Å². The van der Waals surface area contributed by atoms with Crippen molar-refractivity contribution in [1.29, 1.82) is 0 Å². The minimum atomic E-state index is -0.362. The first kappa shape index (κ1) is 16.4. The third-order valence-corrected chi connectivity index (χ3v) is 5.10. The number of hydrogen-bond acceptors (Lipinski definition) is 6. The lowest BCUT2D eigenvalue weighted by atomic mass is 10.3. The highest BCUT2D eigenvalue weighted by Gasteiger charge is 2.13. The number of furan rings is 1. The Kier molecular flexibility index (Phi) is 5.07. The molecule has 3 rings (SSSR count). The normalized spacial score (nSPS) is 10.5.